The van der Waals surface area contributed by atoms with Crippen LogP contribution in [-0.4, -0.2) is 13.0 Å². The van der Waals surface area contributed by atoms with Crippen LogP contribution in [0.4, 0.5) is 8.78 Å². The molecule has 92 valence electrons. The molecule has 0 unspecified atom stereocenters. The molecule has 0 radical (unpaired) electrons. The molecule has 0 saturated heterocycles. The highest BCUT2D eigenvalue weighted by Crippen LogP contribution is 2.31. The number of hydrogen-bond acceptors (Lipinski definition) is 3. The van der Waals surface area contributed by atoms with Gasteiger partial charge in [0.05, 0.1) is 6.61 Å². The molecule has 0 spiro atoms. The summed E-state index contributed by atoms with van der Waals surface area (Å²) >= 11 is 1.59. The molecule has 0 aliphatic rings. The Balaban J connectivity index is 2.24. The molecule has 0 bridgehead atoms. The van der Waals surface area contributed by atoms with E-state index in [1.54, 1.807) is 11.3 Å². The Morgan fingerprint density at radius 3 is 2.76 bits per heavy atom. The number of thiophene rings is 1. The average Bonchev–Trinajstić information content (AvgIpc) is 2.67. The third kappa shape index (κ3) is 2.80. The van der Waals surface area contributed by atoms with Crippen LogP contribution in [0.3, 0.4) is 0 Å². The lowest BCUT2D eigenvalue weighted by atomic mass is 10.1. The maximum atomic E-state index is 12.0. The molecule has 0 amide bonds. The highest BCUT2D eigenvalue weighted by molar-refractivity contribution is 7.19. The molecule has 0 saturated carbocycles. The molecule has 2 aromatic rings. The van der Waals surface area contributed by atoms with Crippen molar-refractivity contribution >= 4 is 21.4 Å². The third-order valence-corrected chi connectivity index (χ3v) is 3.69. The molecule has 0 fully saturated rings. The van der Waals surface area contributed by atoms with Gasteiger partial charge in [-0.3, -0.25) is 0 Å². The van der Waals surface area contributed by atoms with E-state index >= 15 is 0 Å². The second kappa shape index (κ2) is 5.53. The minimum Gasteiger partial charge on any atom is -0.371 e. The summed E-state index contributed by atoms with van der Waals surface area (Å²) < 4.78 is 30.1. The molecule has 0 aliphatic heterocycles. The fourth-order valence-corrected chi connectivity index (χ4v) is 2.81. The smallest absolute Gasteiger partial charge is 0.261 e. The van der Waals surface area contributed by atoms with Crippen molar-refractivity contribution < 1.29 is 13.5 Å². The number of rotatable bonds is 5. The van der Waals surface area contributed by atoms with Crippen LogP contribution in [-0.2, 0) is 17.9 Å². The lowest BCUT2D eigenvalue weighted by Crippen LogP contribution is -2.06. The van der Waals surface area contributed by atoms with Gasteiger partial charge in [0.1, 0.15) is 6.61 Å². The lowest BCUT2D eigenvalue weighted by molar-refractivity contribution is 0.0101. The fourth-order valence-electron chi connectivity index (χ4n) is 1.72. The van der Waals surface area contributed by atoms with Crippen LogP contribution in [0.5, 0.6) is 0 Å². The van der Waals surface area contributed by atoms with Crippen LogP contribution in [0.25, 0.3) is 10.1 Å². The molecule has 5 heteroatoms. The molecule has 1 heterocycles. The number of ether oxygens (including phenoxy) is 1. The maximum Gasteiger partial charge on any atom is 0.261 e. The minimum absolute atomic E-state index is 0.195. The fraction of sp³-hybridized carbons (Fsp3) is 0.333. The van der Waals surface area contributed by atoms with Crippen LogP contribution in [0.2, 0.25) is 0 Å². The van der Waals surface area contributed by atoms with Gasteiger partial charge in [0.25, 0.3) is 6.43 Å². The molecule has 17 heavy (non-hydrogen) atoms. The monoisotopic (exact) mass is 257 g/mol. The van der Waals surface area contributed by atoms with E-state index in [9.17, 15) is 8.78 Å². The molecule has 0 atom stereocenters. The first-order valence-corrected chi connectivity index (χ1v) is 6.09. The Hall–Kier alpha value is -1.04. The first-order chi connectivity index (χ1) is 8.22. The van der Waals surface area contributed by atoms with Gasteiger partial charge in [-0.1, -0.05) is 18.2 Å². The van der Waals surface area contributed by atoms with Gasteiger partial charge < -0.3 is 10.5 Å². The van der Waals surface area contributed by atoms with E-state index in [2.05, 4.69) is 0 Å². The highest BCUT2D eigenvalue weighted by atomic mass is 32.1. The quantitative estimate of drug-likeness (QED) is 0.893. The predicted molar refractivity (Wildman–Crippen MR) is 65.4 cm³/mol. The van der Waals surface area contributed by atoms with Crippen molar-refractivity contribution in [3.63, 3.8) is 0 Å². The van der Waals surface area contributed by atoms with Crippen molar-refractivity contribution in [3.05, 3.63) is 34.7 Å². The van der Waals surface area contributed by atoms with E-state index in [-0.39, 0.29) is 6.61 Å². The van der Waals surface area contributed by atoms with Crippen molar-refractivity contribution in [1.82, 2.24) is 0 Å². The number of alkyl halides is 2. The number of nitrogens with two attached hydrogens (primary N) is 1. The first-order valence-electron chi connectivity index (χ1n) is 5.27. The SMILES string of the molecule is NCc1sc2ccccc2c1COCC(F)F. The van der Waals surface area contributed by atoms with Gasteiger partial charge in [-0.15, -0.1) is 11.3 Å². The average molecular weight is 257 g/mol. The van der Waals surface area contributed by atoms with Crippen molar-refractivity contribution in [1.29, 1.82) is 0 Å². The number of fused-ring (bicyclic) bond motifs is 1. The van der Waals surface area contributed by atoms with Crippen molar-refractivity contribution in [2.45, 2.75) is 19.6 Å². The zero-order chi connectivity index (χ0) is 12.3. The summed E-state index contributed by atoms with van der Waals surface area (Å²) in [6, 6.07) is 7.83. The van der Waals surface area contributed by atoms with E-state index < -0.39 is 13.0 Å². The Morgan fingerprint density at radius 1 is 1.29 bits per heavy atom. The Bertz CT molecular complexity index is 498. The largest absolute Gasteiger partial charge is 0.371 e. The van der Waals surface area contributed by atoms with Gasteiger partial charge in [-0.2, -0.15) is 0 Å². The number of hydrogen-bond donors (Lipinski definition) is 1. The standard InChI is InChI=1S/C12H13F2NOS/c13-12(14)7-16-6-9-8-3-1-2-4-10(8)17-11(9)5-15/h1-4,12H,5-7,15H2. The van der Waals surface area contributed by atoms with Crippen LogP contribution in [0.15, 0.2) is 24.3 Å². The summed E-state index contributed by atoms with van der Waals surface area (Å²) in [7, 11) is 0. The minimum atomic E-state index is -2.43. The van der Waals surface area contributed by atoms with E-state index in [0.717, 1.165) is 20.5 Å². The molecule has 1 aromatic carbocycles. The Morgan fingerprint density at radius 2 is 2.06 bits per heavy atom. The molecule has 1 aromatic heterocycles. The Kier molecular flexibility index (Phi) is 4.04. The van der Waals surface area contributed by atoms with Crippen LogP contribution in [0, 0.1) is 0 Å². The van der Waals surface area contributed by atoms with Gasteiger partial charge in [-0.05, 0) is 11.5 Å². The summed E-state index contributed by atoms with van der Waals surface area (Å²) in [5.74, 6) is 0. The summed E-state index contributed by atoms with van der Waals surface area (Å²) in [6.45, 7) is 0.0712. The topological polar surface area (TPSA) is 35.2 Å². The van der Waals surface area contributed by atoms with E-state index in [1.165, 1.54) is 0 Å². The lowest BCUT2D eigenvalue weighted by Gasteiger charge is -2.04. The van der Waals surface area contributed by atoms with Crippen molar-refractivity contribution in [2.75, 3.05) is 6.61 Å². The van der Waals surface area contributed by atoms with E-state index in [4.69, 9.17) is 10.5 Å². The van der Waals surface area contributed by atoms with Gasteiger partial charge >= 0.3 is 0 Å². The molecule has 2 N–H and O–H groups in total. The second-order valence-electron chi connectivity index (χ2n) is 3.61. The second-order valence-corrected chi connectivity index (χ2v) is 4.75. The summed E-state index contributed by atoms with van der Waals surface area (Å²) in [6.07, 6.45) is -2.43. The molecule has 2 nitrogen and oxygen atoms in total. The first kappa shape index (κ1) is 12.4. The summed E-state index contributed by atoms with van der Waals surface area (Å²) in [5.41, 5.74) is 6.59. The summed E-state index contributed by atoms with van der Waals surface area (Å²) in [5, 5.41) is 1.05. The van der Waals surface area contributed by atoms with Gasteiger partial charge in [0, 0.05) is 21.7 Å². The summed E-state index contributed by atoms with van der Waals surface area (Å²) in [4.78, 5) is 1.00. The van der Waals surface area contributed by atoms with Crippen molar-refractivity contribution in [2.24, 2.45) is 5.73 Å². The zero-order valence-electron chi connectivity index (χ0n) is 9.16. The van der Waals surface area contributed by atoms with Gasteiger partial charge in [-0.25, -0.2) is 8.78 Å². The van der Waals surface area contributed by atoms with Crippen LogP contribution in [0.1, 0.15) is 10.4 Å². The third-order valence-electron chi connectivity index (χ3n) is 2.46. The molecular weight excluding hydrogens is 244 g/mol. The molecular formula is C12H13F2NOS. The normalized spacial score (nSPS) is 11.5. The van der Waals surface area contributed by atoms with Gasteiger partial charge in [0.15, 0.2) is 0 Å². The highest BCUT2D eigenvalue weighted by Gasteiger charge is 2.11. The Labute approximate surface area is 102 Å². The van der Waals surface area contributed by atoms with E-state index in [0.29, 0.717) is 6.54 Å². The predicted octanol–water partition coefficient (Wildman–Crippen LogP) is 3.14. The van der Waals surface area contributed by atoms with Crippen LogP contribution < -0.4 is 5.73 Å². The molecule has 0 aliphatic carbocycles. The maximum absolute atomic E-state index is 12.0. The molecule has 2 rings (SSSR count). The zero-order valence-corrected chi connectivity index (χ0v) is 9.97. The van der Waals surface area contributed by atoms with Crippen molar-refractivity contribution in [3.8, 4) is 0 Å². The van der Waals surface area contributed by atoms with Crippen LogP contribution >= 0.6 is 11.3 Å². The number of halogens is 2. The van der Waals surface area contributed by atoms with Gasteiger partial charge in [0.2, 0.25) is 0 Å². The number of benzene rings is 1. The van der Waals surface area contributed by atoms with E-state index in [1.807, 2.05) is 24.3 Å².